The van der Waals surface area contributed by atoms with Crippen LogP contribution in [0.15, 0.2) is 24.3 Å². The van der Waals surface area contributed by atoms with E-state index in [2.05, 4.69) is 29.6 Å². The van der Waals surface area contributed by atoms with Crippen molar-refractivity contribution in [2.45, 2.75) is 45.1 Å². The zero-order valence-corrected chi connectivity index (χ0v) is 11.5. The van der Waals surface area contributed by atoms with Crippen molar-refractivity contribution in [2.24, 2.45) is 11.7 Å². The maximum atomic E-state index is 11.8. The van der Waals surface area contributed by atoms with Gasteiger partial charge in [0.25, 0.3) is 0 Å². The second kappa shape index (κ2) is 7.29. The molecule has 0 bridgehead atoms. The van der Waals surface area contributed by atoms with Crippen LogP contribution in [0.25, 0.3) is 0 Å². The van der Waals surface area contributed by atoms with Crippen LogP contribution in [0.1, 0.15) is 43.2 Å². The number of nitrogens with two attached hydrogens (primary N) is 1. The molecule has 1 fully saturated rings. The second-order valence-electron chi connectivity index (χ2n) is 5.49. The van der Waals surface area contributed by atoms with E-state index in [0.717, 1.165) is 12.0 Å². The van der Waals surface area contributed by atoms with Gasteiger partial charge in [-0.25, -0.2) is 0 Å². The molecule has 1 aromatic carbocycles. The van der Waals surface area contributed by atoms with Crippen LogP contribution >= 0.6 is 0 Å². The highest BCUT2D eigenvalue weighted by Crippen LogP contribution is 2.27. The van der Waals surface area contributed by atoms with Crippen molar-refractivity contribution in [1.29, 1.82) is 0 Å². The lowest BCUT2D eigenvalue weighted by molar-refractivity contribution is -0.122. The largest absolute Gasteiger partial charge is 0.352 e. The van der Waals surface area contributed by atoms with E-state index in [0.29, 0.717) is 25.4 Å². The number of rotatable bonds is 6. The van der Waals surface area contributed by atoms with Crippen molar-refractivity contribution in [1.82, 2.24) is 5.32 Å². The quantitative estimate of drug-likeness (QED) is 0.825. The highest BCUT2D eigenvalue weighted by molar-refractivity contribution is 5.76. The van der Waals surface area contributed by atoms with E-state index in [4.69, 9.17) is 5.73 Å². The van der Waals surface area contributed by atoms with Crippen LogP contribution in [0.3, 0.4) is 0 Å². The monoisotopic (exact) mass is 260 g/mol. The predicted octanol–water partition coefficient (Wildman–Crippen LogP) is 2.38. The number of hydrogen-bond donors (Lipinski definition) is 2. The molecule has 0 spiro atoms. The first kappa shape index (κ1) is 14.1. The smallest absolute Gasteiger partial charge is 0.220 e. The number of carbonyl (C=O) groups excluding carboxylic acids is 1. The molecule has 0 aromatic heterocycles. The minimum atomic E-state index is 0.193. The Hall–Kier alpha value is -1.35. The number of carbonyl (C=O) groups is 1. The Kier molecular flexibility index (Phi) is 5.40. The number of amides is 1. The van der Waals surface area contributed by atoms with Crippen LogP contribution in [0.2, 0.25) is 0 Å². The molecule has 3 heteroatoms. The van der Waals surface area contributed by atoms with Gasteiger partial charge in [0.1, 0.15) is 0 Å². The Morgan fingerprint density at radius 1 is 1.16 bits per heavy atom. The maximum Gasteiger partial charge on any atom is 0.220 e. The normalized spacial score (nSPS) is 15.6. The lowest BCUT2D eigenvalue weighted by Gasteiger charge is -2.10. The minimum absolute atomic E-state index is 0.193. The molecular weight excluding hydrogens is 236 g/mol. The topological polar surface area (TPSA) is 55.1 Å². The Morgan fingerprint density at radius 3 is 2.42 bits per heavy atom. The summed E-state index contributed by atoms with van der Waals surface area (Å²) in [5.74, 6) is 0.810. The maximum absolute atomic E-state index is 11.8. The molecular formula is C16H24N2O. The van der Waals surface area contributed by atoms with Crippen LogP contribution in [0.4, 0.5) is 0 Å². The average Bonchev–Trinajstić information content (AvgIpc) is 2.91. The van der Waals surface area contributed by atoms with Crippen LogP contribution in [0.5, 0.6) is 0 Å². The molecule has 3 nitrogen and oxygen atoms in total. The van der Waals surface area contributed by atoms with E-state index in [1.807, 2.05) is 0 Å². The molecule has 0 unspecified atom stereocenters. The molecule has 104 valence electrons. The van der Waals surface area contributed by atoms with Crippen molar-refractivity contribution in [2.75, 3.05) is 6.54 Å². The molecule has 1 aliphatic rings. The molecule has 0 saturated heterocycles. The van der Waals surface area contributed by atoms with Gasteiger partial charge < -0.3 is 11.1 Å². The van der Waals surface area contributed by atoms with Crippen molar-refractivity contribution in [3.8, 4) is 0 Å². The minimum Gasteiger partial charge on any atom is -0.352 e. The Morgan fingerprint density at radius 2 is 1.79 bits per heavy atom. The number of hydrogen-bond acceptors (Lipinski definition) is 2. The van der Waals surface area contributed by atoms with Gasteiger partial charge in [0.15, 0.2) is 0 Å². The van der Waals surface area contributed by atoms with E-state index < -0.39 is 0 Å². The van der Waals surface area contributed by atoms with Gasteiger partial charge in [0, 0.05) is 13.0 Å². The lowest BCUT2D eigenvalue weighted by Crippen LogP contribution is -2.24. The number of benzene rings is 1. The van der Waals surface area contributed by atoms with E-state index in [9.17, 15) is 4.79 Å². The Bertz CT molecular complexity index is 394. The first-order chi connectivity index (χ1) is 9.28. The van der Waals surface area contributed by atoms with Crippen LogP contribution in [-0.4, -0.2) is 12.5 Å². The highest BCUT2D eigenvalue weighted by Gasteiger charge is 2.17. The lowest BCUT2D eigenvalue weighted by atomic mass is 10.0. The zero-order chi connectivity index (χ0) is 13.5. The predicted molar refractivity (Wildman–Crippen MR) is 77.6 cm³/mol. The molecule has 0 heterocycles. The average molecular weight is 260 g/mol. The van der Waals surface area contributed by atoms with E-state index in [1.54, 1.807) is 0 Å². The molecule has 3 N–H and O–H groups in total. The summed E-state index contributed by atoms with van der Waals surface area (Å²) in [6.07, 6.45) is 6.64. The van der Waals surface area contributed by atoms with Crippen molar-refractivity contribution in [3.63, 3.8) is 0 Å². The van der Waals surface area contributed by atoms with Gasteiger partial charge in [-0.15, -0.1) is 0 Å². The van der Waals surface area contributed by atoms with Crippen LogP contribution < -0.4 is 11.1 Å². The molecule has 0 aliphatic heterocycles. The third-order valence-electron chi connectivity index (χ3n) is 3.89. The molecule has 1 aliphatic carbocycles. The molecule has 19 heavy (non-hydrogen) atoms. The summed E-state index contributed by atoms with van der Waals surface area (Å²) in [6, 6.07) is 8.32. The molecule has 2 rings (SSSR count). The first-order valence-corrected chi connectivity index (χ1v) is 7.32. The van der Waals surface area contributed by atoms with E-state index in [1.165, 1.54) is 31.2 Å². The molecule has 0 radical (unpaired) electrons. The van der Waals surface area contributed by atoms with Crippen molar-refractivity contribution >= 4 is 5.91 Å². The fourth-order valence-electron chi connectivity index (χ4n) is 2.74. The van der Waals surface area contributed by atoms with Gasteiger partial charge in [-0.2, -0.15) is 0 Å². The van der Waals surface area contributed by atoms with Gasteiger partial charge in [-0.05, 0) is 42.9 Å². The van der Waals surface area contributed by atoms with Gasteiger partial charge in [-0.3, -0.25) is 4.79 Å². The SMILES string of the molecule is NCCc1ccc(CNC(=O)CC2CCCC2)cc1. The Balaban J connectivity index is 1.73. The van der Waals surface area contributed by atoms with Gasteiger partial charge in [0.2, 0.25) is 5.91 Å². The van der Waals surface area contributed by atoms with Gasteiger partial charge >= 0.3 is 0 Å². The third-order valence-corrected chi connectivity index (χ3v) is 3.89. The van der Waals surface area contributed by atoms with E-state index in [-0.39, 0.29) is 5.91 Å². The third kappa shape index (κ3) is 4.67. The molecule has 0 atom stereocenters. The van der Waals surface area contributed by atoms with Gasteiger partial charge in [-0.1, -0.05) is 37.1 Å². The van der Waals surface area contributed by atoms with E-state index >= 15 is 0 Å². The summed E-state index contributed by atoms with van der Waals surface area (Å²) >= 11 is 0. The summed E-state index contributed by atoms with van der Waals surface area (Å²) in [7, 11) is 0. The summed E-state index contributed by atoms with van der Waals surface area (Å²) < 4.78 is 0. The highest BCUT2D eigenvalue weighted by atomic mass is 16.1. The Labute approximate surface area is 115 Å². The summed E-state index contributed by atoms with van der Waals surface area (Å²) in [5, 5.41) is 3.01. The zero-order valence-electron chi connectivity index (χ0n) is 11.5. The van der Waals surface area contributed by atoms with Crippen molar-refractivity contribution in [3.05, 3.63) is 35.4 Å². The van der Waals surface area contributed by atoms with Crippen LogP contribution in [0, 0.1) is 5.92 Å². The summed E-state index contributed by atoms with van der Waals surface area (Å²) in [6.45, 7) is 1.31. The van der Waals surface area contributed by atoms with Crippen molar-refractivity contribution < 1.29 is 4.79 Å². The molecule has 1 aromatic rings. The fourth-order valence-corrected chi connectivity index (χ4v) is 2.74. The number of nitrogens with one attached hydrogen (secondary N) is 1. The second-order valence-corrected chi connectivity index (χ2v) is 5.49. The molecule has 1 amide bonds. The first-order valence-electron chi connectivity index (χ1n) is 7.32. The van der Waals surface area contributed by atoms with Crippen LogP contribution in [-0.2, 0) is 17.8 Å². The summed E-state index contributed by atoms with van der Waals surface area (Å²) in [4.78, 5) is 11.8. The standard InChI is InChI=1S/C16H24N2O/c17-10-9-13-5-7-15(8-6-13)12-18-16(19)11-14-3-1-2-4-14/h5-8,14H,1-4,9-12,17H2,(H,18,19). The van der Waals surface area contributed by atoms with Gasteiger partial charge in [0.05, 0.1) is 0 Å². The molecule has 1 saturated carbocycles. The summed E-state index contributed by atoms with van der Waals surface area (Å²) in [5.41, 5.74) is 7.92. The fraction of sp³-hybridized carbons (Fsp3) is 0.562.